The number of nitrogens with zero attached hydrogens (tertiary/aromatic N) is 4. The molecule has 4 nitrogen and oxygen atoms in total. The van der Waals surface area contributed by atoms with Crippen molar-refractivity contribution in [1.29, 1.82) is 0 Å². The molecule has 0 bridgehead atoms. The fourth-order valence-corrected chi connectivity index (χ4v) is 5.71. The Kier molecular flexibility index (Phi) is 4.53. The molecule has 0 aliphatic carbocycles. The fourth-order valence-electron chi connectivity index (χ4n) is 3.67. The first-order valence-corrected chi connectivity index (χ1v) is 11.0. The van der Waals surface area contributed by atoms with E-state index in [0.717, 1.165) is 23.4 Å². The Morgan fingerprint density at radius 1 is 1.04 bits per heavy atom. The Hall–Kier alpha value is -2.06. The number of aromatic nitrogens is 3. The van der Waals surface area contributed by atoms with Gasteiger partial charge in [-0.2, -0.15) is 5.10 Å². The van der Waals surface area contributed by atoms with Crippen LogP contribution < -0.4 is 0 Å². The van der Waals surface area contributed by atoms with Gasteiger partial charge < -0.3 is 0 Å². The van der Waals surface area contributed by atoms with Gasteiger partial charge in [-0.05, 0) is 59.2 Å². The van der Waals surface area contributed by atoms with E-state index in [-0.39, 0.29) is 6.04 Å². The predicted octanol–water partition coefficient (Wildman–Crippen LogP) is 5.13. The molecule has 0 saturated carbocycles. The molecule has 1 aliphatic heterocycles. The standard InChI is InChI=1S/C20H18N4S3/c25-20-23(15-5-2-1-3-6-15)13-21-24(20)14-22-10-8-17-16(9-12-27-17)19(22)18-7-4-11-26-18/h1-7,9,11-13,19H,8,10,14H2. The lowest BCUT2D eigenvalue weighted by Gasteiger charge is -2.35. The molecule has 3 aromatic heterocycles. The number of thiophene rings is 2. The van der Waals surface area contributed by atoms with Crippen molar-refractivity contribution in [2.75, 3.05) is 6.54 Å². The van der Waals surface area contributed by atoms with Crippen molar-refractivity contribution < 1.29 is 0 Å². The average molecular weight is 411 g/mol. The van der Waals surface area contributed by atoms with Crippen LogP contribution in [0.3, 0.4) is 0 Å². The molecule has 1 unspecified atom stereocenters. The summed E-state index contributed by atoms with van der Waals surface area (Å²) in [5.74, 6) is 0. The van der Waals surface area contributed by atoms with E-state index in [9.17, 15) is 0 Å². The number of hydrogen-bond acceptors (Lipinski definition) is 5. The van der Waals surface area contributed by atoms with Gasteiger partial charge in [-0.3, -0.25) is 9.47 Å². The van der Waals surface area contributed by atoms with Gasteiger partial charge in [0.15, 0.2) is 0 Å². The second kappa shape index (κ2) is 7.16. The molecule has 0 fully saturated rings. The van der Waals surface area contributed by atoms with Gasteiger partial charge in [-0.15, -0.1) is 22.7 Å². The molecule has 0 N–H and O–H groups in total. The van der Waals surface area contributed by atoms with Crippen molar-refractivity contribution in [3.05, 3.63) is 85.7 Å². The number of fused-ring (bicyclic) bond motifs is 1. The summed E-state index contributed by atoms with van der Waals surface area (Å²) >= 11 is 9.41. The Morgan fingerprint density at radius 2 is 1.93 bits per heavy atom. The number of para-hydroxylation sites is 1. The molecular formula is C20H18N4S3. The van der Waals surface area contributed by atoms with Crippen LogP contribution in [0.25, 0.3) is 5.69 Å². The normalized spacial score (nSPS) is 17.1. The van der Waals surface area contributed by atoms with Gasteiger partial charge in [0.05, 0.1) is 12.7 Å². The van der Waals surface area contributed by atoms with Crippen molar-refractivity contribution >= 4 is 34.9 Å². The van der Waals surface area contributed by atoms with Crippen LogP contribution in [-0.4, -0.2) is 25.8 Å². The van der Waals surface area contributed by atoms with E-state index in [1.807, 2.05) is 56.4 Å². The van der Waals surface area contributed by atoms with Crippen molar-refractivity contribution in [2.45, 2.75) is 19.1 Å². The predicted molar refractivity (Wildman–Crippen MR) is 113 cm³/mol. The maximum absolute atomic E-state index is 5.72. The van der Waals surface area contributed by atoms with E-state index < -0.39 is 0 Å². The Labute approximate surface area is 170 Å². The zero-order chi connectivity index (χ0) is 18.2. The molecule has 1 aliphatic rings. The van der Waals surface area contributed by atoms with Crippen LogP contribution in [0.15, 0.2) is 65.6 Å². The Bertz CT molecular complexity index is 1090. The number of rotatable bonds is 4. The smallest absolute Gasteiger partial charge is 0.203 e. The SMILES string of the molecule is S=c1n(-c2ccccc2)cnn1CN1CCc2sccc2C1c1cccs1. The summed E-state index contributed by atoms with van der Waals surface area (Å²) in [5, 5.41) is 8.95. The highest BCUT2D eigenvalue weighted by molar-refractivity contribution is 7.71. The van der Waals surface area contributed by atoms with Gasteiger partial charge in [0, 0.05) is 22.0 Å². The van der Waals surface area contributed by atoms with Crippen LogP contribution >= 0.6 is 34.9 Å². The third-order valence-corrected chi connectivity index (χ3v) is 7.29. The molecule has 136 valence electrons. The van der Waals surface area contributed by atoms with Crippen LogP contribution in [0.4, 0.5) is 0 Å². The van der Waals surface area contributed by atoms with Crippen LogP contribution in [0, 0.1) is 4.77 Å². The molecule has 27 heavy (non-hydrogen) atoms. The largest absolute Gasteiger partial charge is 0.275 e. The molecule has 5 rings (SSSR count). The lowest BCUT2D eigenvalue weighted by atomic mass is 9.99. The number of benzene rings is 1. The van der Waals surface area contributed by atoms with E-state index >= 15 is 0 Å². The van der Waals surface area contributed by atoms with Crippen LogP contribution in [0.5, 0.6) is 0 Å². The van der Waals surface area contributed by atoms with Crippen LogP contribution in [-0.2, 0) is 13.1 Å². The van der Waals surface area contributed by atoms with E-state index in [2.05, 4.69) is 51.1 Å². The third kappa shape index (κ3) is 3.10. The van der Waals surface area contributed by atoms with Gasteiger partial charge in [0.1, 0.15) is 6.33 Å². The average Bonchev–Trinajstić information content (AvgIpc) is 3.44. The summed E-state index contributed by atoms with van der Waals surface area (Å²) in [6.45, 7) is 1.70. The summed E-state index contributed by atoms with van der Waals surface area (Å²) in [6.07, 6.45) is 2.90. The zero-order valence-corrected chi connectivity index (χ0v) is 17.0. The maximum Gasteiger partial charge on any atom is 0.203 e. The molecule has 0 amide bonds. The summed E-state index contributed by atoms with van der Waals surface area (Å²) in [7, 11) is 0. The second-order valence-corrected chi connectivity index (χ2v) is 8.88. The summed E-state index contributed by atoms with van der Waals surface area (Å²) in [4.78, 5) is 5.37. The first-order chi connectivity index (χ1) is 13.3. The van der Waals surface area contributed by atoms with E-state index in [4.69, 9.17) is 12.2 Å². The topological polar surface area (TPSA) is 26.0 Å². The minimum Gasteiger partial charge on any atom is -0.275 e. The van der Waals surface area contributed by atoms with Crippen molar-refractivity contribution in [3.63, 3.8) is 0 Å². The molecule has 1 aromatic carbocycles. The van der Waals surface area contributed by atoms with Crippen LogP contribution in [0.1, 0.15) is 21.4 Å². The quantitative estimate of drug-likeness (QED) is 0.436. The van der Waals surface area contributed by atoms with Gasteiger partial charge in [-0.25, -0.2) is 4.68 Å². The fraction of sp³-hybridized carbons (Fsp3) is 0.200. The van der Waals surface area contributed by atoms with Gasteiger partial charge in [-0.1, -0.05) is 24.3 Å². The zero-order valence-electron chi connectivity index (χ0n) is 14.6. The molecule has 1 atom stereocenters. The lowest BCUT2D eigenvalue weighted by molar-refractivity contribution is 0.158. The monoisotopic (exact) mass is 410 g/mol. The summed E-state index contributed by atoms with van der Waals surface area (Å²) < 4.78 is 4.62. The summed E-state index contributed by atoms with van der Waals surface area (Å²) in [6, 6.07) is 17.1. The Morgan fingerprint density at radius 3 is 2.74 bits per heavy atom. The highest BCUT2D eigenvalue weighted by Crippen LogP contribution is 2.39. The summed E-state index contributed by atoms with van der Waals surface area (Å²) in [5.41, 5.74) is 2.48. The van der Waals surface area contributed by atoms with E-state index in [1.165, 1.54) is 15.3 Å². The molecule has 0 saturated heterocycles. The van der Waals surface area contributed by atoms with Crippen molar-refractivity contribution in [2.24, 2.45) is 0 Å². The second-order valence-electron chi connectivity index (χ2n) is 6.54. The van der Waals surface area contributed by atoms with Crippen molar-refractivity contribution in [3.8, 4) is 5.69 Å². The highest BCUT2D eigenvalue weighted by Gasteiger charge is 2.30. The third-order valence-electron chi connectivity index (χ3n) is 4.96. The van der Waals surface area contributed by atoms with E-state index in [1.54, 1.807) is 0 Å². The molecule has 0 radical (unpaired) electrons. The molecule has 4 heterocycles. The van der Waals surface area contributed by atoms with Crippen LogP contribution in [0.2, 0.25) is 0 Å². The first kappa shape index (κ1) is 17.1. The Balaban J connectivity index is 1.49. The lowest BCUT2D eigenvalue weighted by Crippen LogP contribution is -2.36. The minimum absolute atomic E-state index is 0.281. The molecule has 0 spiro atoms. The first-order valence-electron chi connectivity index (χ1n) is 8.85. The van der Waals surface area contributed by atoms with Gasteiger partial charge in [0.25, 0.3) is 0 Å². The molecular weight excluding hydrogens is 392 g/mol. The van der Waals surface area contributed by atoms with E-state index in [0.29, 0.717) is 6.67 Å². The highest BCUT2D eigenvalue weighted by atomic mass is 32.1. The minimum atomic E-state index is 0.281. The van der Waals surface area contributed by atoms with Crippen molar-refractivity contribution in [1.82, 2.24) is 19.2 Å². The molecule has 4 aromatic rings. The molecule has 7 heteroatoms. The maximum atomic E-state index is 5.72. The van der Waals surface area contributed by atoms with Gasteiger partial charge >= 0.3 is 0 Å². The number of hydrogen-bond donors (Lipinski definition) is 0. The van der Waals surface area contributed by atoms with Gasteiger partial charge in [0.2, 0.25) is 4.77 Å².